The first-order chi connectivity index (χ1) is 14.5. The Morgan fingerprint density at radius 2 is 2.00 bits per heavy atom. The number of aromatic nitrogens is 2. The Morgan fingerprint density at radius 1 is 1.27 bits per heavy atom. The van der Waals surface area contributed by atoms with Gasteiger partial charge in [0.25, 0.3) is 0 Å². The molecule has 3 rings (SSSR count). The average Bonchev–Trinajstić information content (AvgIpc) is 3.42. The average molecular weight is 417 g/mol. The fraction of sp³-hybridized carbons (Fsp3) is 0.571. The van der Waals surface area contributed by atoms with E-state index in [4.69, 9.17) is 14.0 Å². The van der Waals surface area contributed by atoms with Crippen LogP contribution in [-0.2, 0) is 6.42 Å². The number of methoxy groups -OCH3 is 2. The Labute approximate surface area is 177 Å². The predicted molar refractivity (Wildman–Crippen MR) is 117 cm³/mol. The van der Waals surface area contributed by atoms with Crippen molar-refractivity contribution in [1.82, 2.24) is 20.8 Å². The van der Waals surface area contributed by atoms with Gasteiger partial charge in [0.05, 0.1) is 14.2 Å². The van der Waals surface area contributed by atoms with Gasteiger partial charge in [0.15, 0.2) is 11.8 Å². The van der Waals surface area contributed by atoms with Gasteiger partial charge in [-0.25, -0.2) is 0 Å². The SMILES string of the molecule is CN=C(NCCc1nc(C(C)C)no1)NC1CCN(c2cc(OC)cc(OC)c2)C1. The van der Waals surface area contributed by atoms with E-state index in [1.807, 2.05) is 32.0 Å². The number of hydrogen-bond donors (Lipinski definition) is 2. The molecule has 2 N–H and O–H groups in total. The Morgan fingerprint density at radius 3 is 2.60 bits per heavy atom. The Bertz CT molecular complexity index is 829. The highest BCUT2D eigenvalue weighted by Gasteiger charge is 2.24. The van der Waals surface area contributed by atoms with Crippen LogP contribution >= 0.6 is 0 Å². The van der Waals surface area contributed by atoms with E-state index in [9.17, 15) is 0 Å². The normalized spacial score (nSPS) is 16.8. The maximum Gasteiger partial charge on any atom is 0.228 e. The van der Waals surface area contributed by atoms with Crippen LogP contribution in [0.3, 0.4) is 0 Å². The summed E-state index contributed by atoms with van der Waals surface area (Å²) in [6.07, 6.45) is 1.67. The molecule has 9 nitrogen and oxygen atoms in total. The number of guanidine groups is 1. The molecule has 0 saturated carbocycles. The van der Waals surface area contributed by atoms with Crippen molar-refractivity contribution >= 4 is 11.6 Å². The predicted octanol–water partition coefficient (Wildman–Crippen LogP) is 2.20. The first-order valence-electron chi connectivity index (χ1n) is 10.3. The van der Waals surface area contributed by atoms with E-state index >= 15 is 0 Å². The van der Waals surface area contributed by atoms with E-state index in [2.05, 4.69) is 30.7 Å². The summed E-state index contributed by atoms with van der Waals surface area (Å²) < 4.78 is 16.1. The largest absolute Gasteiger partial charge is 0.497 e. The molecule has 1 aromatic carbocycles. The lowest BCUT2D eigenvalue weighted by Crippen LogP contribution is -2.45. The van der Waals surface area contributed by atoms with E-state index in [1.165, 1.54) is 0 Å². The highest BCUT2D eigenvalue weighted by atomic mass is 16.5. The molecule has 2 heterocycles. The molecule has 0 aliphatic carbocycles. The van der Waals surface area contributed by atoms with E-state index in [0.29, 0.717) is 24.9 Å². The van der Waals surface area contributed by atoms with Gasteiger partial charge in [-0.2, -0.15) is 4.98 Å². The highest BCUT2D eigenvalue weighted by molar-refractivity contribution is 5.80. The van der Waals surface area contributed by atoms with Gasteiger partial charge < -0.3 is 29.5 Å². The van der Waals surface area contributed by atoms with E-state index in [1.54, 1.807) is 21.3 Å². The van der Waals surface area contributed by atoms with Crippen molar-refractivity contribution in [3.8, 4) is 11.5 Å². The zero-order valence-electron chi connectivity index (χ0n) is 18.4. The molecule has 1 atom stereocenters. The van der Waals surface area contributed by atoms with Crippen LogP contribution < -0.4 is 25.0 Å². The number of aliphatic imine (C=N–C) groups is 1. The Hall–Kier alpha value is -2.97. The molecule has 9 heteroatoms. The molecule has 0 bridgehead atoms. The molecule has 0 radical (unpaired) electrons. The highest BCUT2D eigenvalue weighted by Crippen LogP contribution is 2.30. The van der Waals surface area contributed by atoms with Crippen molar-refractivity contribution < 1.29 is 14.0 Å². The summed E-state index contributed by atoms with van der Waals surface area (Å²) in [5, 5.41) is 10.8. The minimum absolute atomic E-state index is 0.264. The van der Waals surface area contributed by atoms with Crippen LogP contribution in [0.25, 0.3) is 0 Å². The molecular weight excluding hydrogens is 384 g/mol. The maximum atomic E-state index is 5.39. The summed E-state index contributed by atoms with van der Waals surface area (Å²) in [6.45, 7) is 6.59. The van der Waals surface area contributed by atoms with Crippen molar-refractivity contribution in [3.05, 3.63) is 29.9 Å². The van der Waals surface area contributed by atoms with Gasteiger partial charge in [0.1, 0.15) is 11.5 Å². The molecule has 2 aromatic rings. The van der Waals surface area contributed by atoms with Crippen LogP contribution in [0.5, 0.6) is 11.5 Å². The molecule has 1 aromatic heterocycles. The quantitative estimate of drug-likeness (QED) is 0.499. The number of anilines is 1. The lowest BCUT2D eigenvalue weighted by molar-refractivity contribution is 0.371. The number of nitrogens with one attached hydrogen (secondary N) is 2. The fourth-order valence-electron chi connectivity index (χ4n) is 3.37. The van der Waals surface area contributed by atoms with Crippen LogP contribution in [0.15, 0.2) is 27.7 Å². The minimum Gasteiger partial charge on any atom is -0.497 e. The van der Waals surface area contributed by atoms with E-state index in [-0.39, 0.29) is 5.92 Å². The number of nitrogens with zero attached hydrogens (tertiary/aromatic N) is 4. The van der Waals surface area contributed by atoms with Crippen LogP contribution in [0, 0.1) is 0 Å². The summed E-state index contributed by atoms with van der Waals surface area (Å²) >= 11 is 0. The summed E-state index contributed by atoms with van der Waals surface area (Å²) in [6, 6.07) is 6.25. The zero-order chi connectivity index (χ0) is 21.5. The van der Waals surface area contributed by atoms with Crippen molar-refractivity contribution in [3.63, 3.8) is 0 Å². The molecule has 1 fully saturated rings. The summed E-state index contributed by atoms with van der Waals surface area (Å²) in [5.41, 5.74) is 1.09. The number of benzene rings is 1. The lowest BCUT2D eigenvalue weighted by Gasteiger charge is -2.21. The third kappa shape index (κ3) is 5.55. The summed E-state index contributed by atoms with van der Waals surface area (Å²) in [7, 11) is 5.11. The third-order valence-electron chi connectivity index (χ3n) is 5.09. The Balaban J connectivity index is 1.50. The molecule has 1 aliphatic rings. The van der Waals surface area contributed by atoms with Crippen LogP contribution in [0.4, 0.5) is 5.69 Å². The van der Waals surface area contributed by atoms with Gasteiger partial charge in [-0.1, -0.05) is 19.0 Å². The van der Waals surface area contributed by atoms with Gasteiger partial charge >= 0.3 is 0 Å². The zero-order valence-corrected chi connectivity index (χ0v) is 18.4. The Kier molecular flexibility index (Phi) is 7.37. The molecule has 1 unspecified atom stereocenters. The van der Waals surface area contributed by atoms with Crippen LogP contribution in [-0.4, -0.2) is 63.0 Å². The second-order valence-corrected chi connectivity index (χ2v) is 7.60. The van der Waals surface area contributed by atoms with Crippen molar-refractivity contribution in [2.45, 2.75) is 38.6 Å². The van der Waals surface area contributed by atoms with Crippen molar-refractivity contribution in [2.75, 3.05) is 45.8 Å². The standard InChI is InChI=1S/C21H32N6O3/c1-14(2)20-25-19(30-26-20)6-8-23-21(22-3)24-15-7-9-27(13-15)16-10-17(28-4)12-18(11-16)29-5/h10-12,14-15H,6-9,13H2,1-5H3,(H2,22,23,24). The smallest absolute Gasteiger partial charge is 0.228 e. The number of hydrogen-bond acceptors (Lipinski definition) is 7. The minimum atomic E-state index is 0.264. The molecular formula is C21H32N6O3. The first-order valence-corrected chi connectivity index (χ1v) is 10.3. The summed E-state index contributed by atoms with van der Waals surface area (Å²) in [5.74, 6) is 4.00. The topological polar surface area (TPSA) is 97.0 Å². The van der Waals surface area contributed by atoms with Crippen molar-refractivity contribution in [1.29, 1.82) is 0 Å². The van der Waals surface area contributed by atoms with Crippen molar-refractivity contribution in [2.24, 2.45) is 4.99 Å². The molecule has 1 aliphatic heterocycles. The monoisotopic (exact) mass is 416 g/mol. The second kappa shape index (κ2) is 10.2. The third-order valence-corrected chi connectivity index (χ3v) is 5.09. The molecule has 30 heavy (non-hydrogen) atoms. The van der Waals surface area contributed by atoms with E-state index < -0.39 is 0 Å². The maximum absolute atomic E-state index is 5.39. The lowest BCUT2D eigenvalue weighted by atomic mass is 10.2. The molecule has 1 saturated heterocycles. The van der Waals surface area contributed by atoms with Crippen LogP contribution in [0.2, 0.25) is 0 Å². The van der Waals surface area contributed by atoms with Gasteiger partial charge in [-0.15, -0.1) is 0 Å². The number of rotatable bonds is 8. The summed E-state index contributed by atoms with van der Waals surface area (Å²) in [4.78, 5) is 11.1. The van der Waals surface area contributed by atoms with Crippen LogP contribution in [0.1, 0.15) is 37.9 Å². The molecule has 0 spiro atoms. The molecule has 0 amide bonds. The molecule has 164 valence electrons. The van der Waals surface area contributed by atoms with Gasteiger partial charge in [0.2, 0.25) is 5.89 Å². The van der Waals surface area contributed by atoms with Gasteiger partial charge in [-0.05, 0) is 6.42 Å². The van der Waals surface area contributed by atoms with Gasteiger partial charge in [0, 0.05) is 68.9 Å². The van der Waals surface area contributed by atoms with E-state index in [0.717, 1.165) is 48.5 Å². The number of ether oxygens (including phenoxy) is 2. The second-order valence-electron chi connectivity index (χ2n) is 7.60. The fourth-order valence-corrected chi connectivity index (χ4v) is 3.37. The van der Waals surface area contributed by atoms with Gasteiger partial charge in [-0.3, -0.25) is 4.99 Å². The first kappa shape index (κ1) is 21.7.